The Morgan fingerprint density at radius 1 is 1.37 bits per heavy atom. The zero-order valence-electron chi connectivity index (χ0n) is 11.3. The summed E-state index contributed by atoms with van der Waals surface area (Å²) < 4.78 is 1.21. The van der Waals surface area contributed by atoms with Gasteiger partial charge in [0.05, 0.1) is 0 Å². The predicted molar refractivity (Wildman–Crippen MR) is 86.1 cm³/mol. The van der Waals surface area contributed by atoms with Crippen LogP contribution in [0.15, 0.2) is 18.2 Å². The molecule has 19 heavy (non-hydrogen) atoms. The molecule has 2 saturated carbocycles. The third-order valence-electron chi connectivity index (χ3n) is 4.79. The number of hydrogen-bond donors (Lipinski definition) is 1. The molecule has 1 aromatic carbocycles. The van der Waals surface area contributed by atoms with Gasteiger partial charge >= 0.3 is 0 Å². The van der Waals surface area contributed by atoms with Crippen LogP contribution in [0.5, 0.6) is 0 Å². The third kappa shape index (κ3) is 2.96. The highest BCUT2D eigenvalue weighted by Gasteiger charge is 2.40. The van der Waals surface area contributed by atoms with Crippen LogP contribution in [-0.4, -0.2) is 5.91 Å². The van der Waals surface area contributed by atoms with Gasteiger partial charge in [-0.2, -0.15) is 0 Å². The first-order chi connectivity index (χ1) is 9.11. The van der Waals surface area contributed by atoms with E-state index in [1.807, 2.05) is 12.1 Å². The van der Waals surface area contributed by atoms with Crippen molar-refractivity contribution in [2.45, 2.75) is 39.0 Å². The van der Waals surface area contributed by atoms with Gasteiger partial charge in [0, 0.05) is 15.7 Å². The number of anilines is 1. The third-order valence-corrected chi connectivity index (χ3v) is 5.47. The van der Waals surface area contributed by atoms with Gasteiger partial charge in [0.15, 0.2) is 0 Å². The van der Waals surface area contributed by atoms with E-state index in [-0.39, 0.29) is 5.91 Å². The summed E-state index contributed by atoms with van der Waals surface area (Å²) >= 11 is 2.30. The summed E-state index contributed by atoms with van der Waals surface area (Å²) in [6, 6.07) is 6.16. The van der Waals surface area contributed by atoms with Gasteiger partial charge in [-0.15, -0.1) is 0 Å². The van der Waals surface area contributed by atoms with Gasteiger partial charge in [-0.05, 0) is 90.3 Å². The quantitative estimate of drug-likeness (QED) is 0.788. The van der Waals surface area contributed by atoms with Crippen molar-refractivity contribution in [3.05, 3.63) is 27.3 Å². The topological polar surface area (TPSA) is 29.1 Å². The molecule has 0 aliphatic heterocycles. The molecule has 3 rings (SSSR count). The molecule has 2 nitrogen and oxygen atoms in total. The smallest absolute Gasteiger partial charge is 0.224 e. The summed E-state index contributed by atoms with van der Waals surface area (Å²) in [7, 11) is 0. The molecular weight excluding hydrogens is 349 g/mol. The molecule has 0 radical (unpaired) electrons. The molecule has 2 aliphatic carbocycles. The number of amides is 1. The van der Waals surface area contributed by atoms with E-state index in [1.165, 1.54) is 29.3 Å². The molecule has 1 amide bonds. The molecule has 1 aromatic rings. The van der Waals surface area contributed by atoms with Gasteiger partial charge < -0.3 is 5.32 Å². The molecule has 2 bridgehead atoms. The van der Waals surface area contributed by atoms with Crippen molar-refractivity contribution >= 4 is 34.2 Å². The van der Waals surface area contributed by atoms with Crippen LogP contribution in [0.25, 0.3) is 0 Å². The van der Waals surface area contributed by atoms with Gasteiger partial charge in [0.1, 0.15) is 0 Å². The standard InChI is InChI=1S/C16H20INO/c1-10-6-14(17)4-5-15(10)18-16(19)9-13-8-11-2-3-12(13)7-11/h4-6,11-13H,2-3,7-9H2,1H3,(H,18,19)/t11-,12-,13+/m1/s1. The lowest BCUT2D eigenvalue weighted by atomic mass is 9.86. The van der Waals surface area contributed by atoms with Crippen molar-refractivity contribution in [1.29, 1.82) is 0 Å². The average Bonchev–Trinajstić information content (AvgIpc) is 2.95. The Kier molecular flexibility index (Phi) is 3.83. The van der Waals surface area contributed by atoms with E-state index in [4.69, 9.17) is 0 Å². The van der Waals surface area contributed by atoms with Crippen LogP contribution in [0, 0.1) is 28.2 Å². The van der Waals surface area contributed by atoms with Crippen molar-refractivity contribution in [3.8, 4) is 0 Å². The Labute approximate surface area is 128 Å². The molecule has 0 unspecified atom stereocenters. The van der Waals surface area contributed by atoms with E-state index in [0.29, 0.717) is 12.3 Å². The van der Waals surface area contributed by atoms with Crippen molar-refractivity contribution in [3.63, 3.8) is 0 Å². The molecule has 2 aliphatic rings. The summed E-state index contributed by atoms with van der Waals surface area (Å²) in [6.07, 6.45) is 6.13. The molecule has 0 saturated heterocycles. The second-order valence-corrected chi connectivity index (χ2v) is 7.39. The van der Waals surface area contributed by atoms with Crippen molar-refractivity contribution in [2.24, 2.45) is 17.8 Å². The number of aryl methyl sites for hydroxylation is 1. The number of rotatable bonds is 3. The van der Waals surface area contributed by atoms with Gasteiger partial charge in [-0.25, -0.2) is 0 Å². The summed E-state index contributed by atoms with van der Waals surface area (Å²) in [4.78, 5) is 12.2. The predicted octanol–water partition coefficient (Wildman–Crippen LogP) is 4.36. The maximum atomic E-state index is 12.2. The highest BCUT2D eigenvalue weighted by Crippen LogP contribution is 2.49. The maximum absolute atomic E-state index is 12.2. The number of hydrogen-bond acceptors (Lipinski definition) is 1. The monoisotopic (exact) mass is 369 g/mol. The first-order valence-electron chi connectivity index (χ1n) is 7.18. The first kappa shape index (κ1) is 13.4. The molecule has 3 atom stereocenters. The van der Waals surface area contributed by atoms with E-state index < -0.39 is 0 Å². The van der Waals surface area contributed by atoms with E-state index >= 15 is 0 Å². The molecule has 3 heteroatoms. The number of carbonyl (C=O) groups is 1. The zero-order valence-corrected chi connectivity index (χ0v) is 13.4. The molecule has 2 fully saturated rings. The summed E-state index contributed by atoms with van der Waals surface area (Å²) in [5.74, 6) is 2.58. The fourth-order valence-corrected chi connectivity index (χ4v) is 4.48. The average molecular weight is 369 g/mol. The highest BCUT2D eigenvalue weighted by molar-refractivity contribution is 14.1. The van der Waals surface area contributed by atoms with E-state index in [9.17, 15) is 4.79 Å². The zero-order chi connectivity index (χ0) is 13.4. The van der Waals surface area contributed by atoms with E-state index in [2.05, 4.69) is 40.9 Å². The van der Waals surface area contributed by atoms with Crippen molar-refractivity contribution in [2.75, 3.05) is 5.32 Å². The molecule has 0 aromatic heterocycles. The number of halogens is 1. The van der Waals surface area contributed by atoms with Crippen LogP contribution in [0.3, 0.4) is 0 Å². The minimum atomic E-state index is 0.196. The van der Waals surface area contributed by atoms with E-state index in [0.717, 1.165) is 23.1 Å². The number of fused-ring (bicyclic) bond motifs is 2. The lowest BCUT2D eigenvalue weighted by Crippen LogP contribution is -2.20. The lowest BCUT2D eigenvalue weighted by Gasteiger charge is -2.21. The van der Waals surface area contributed by atoms with Crippen molar-refractivity contribution < 1.29 is 4.79 Å². The largest absolute Gasteiger partial charge is 0.326 e. The van der Waals surface area contributed by atoms with Crippen LogP contribution < -0.4 is 5.32 Å². The number of nitrogens with one attached hydrogen (secondary N) is 1. The van der Waals surface area contributed by atoms with Gasteiger partial charge in [-0.1, -0.05) is 6.42 Å². The maximum Gasteiger partial charge on any atom is 0.224 e. The summed E-state index contributed by atoms with van der Waals surface area (Å²) in [6.45, 7) is 2.05. The lowest BCUT2D eigenvalue weighted by molar-refractivity contribution is -0.117. The van der Waals surface area contributed by atoms with Crippen LogP contribution in [0.4, 0.5) is 5.69 Å². The SMILES string of the molecule is Cc1cc(I)ccc1NC(=O)C[C@@H]1C[C@@H]2CC[C@@H]1C2. The highest BCUT2D eigenvalue weighted by atomic mass is 127. The van der Waals surface area contributed by atoms with Gasteiger partial charge in [0.25, 0.3) is 0 Å². The number of carbonyl (C=O) groups excluding carboxylic acids is 1. The Morgan fingerprint density at radius 2 is 2.21 bits per heavy atom. The fourth-order valence-electron chi connectivity index (χ4n) is 3.83. The van der Waals surface area contributed by atoms with Crippen molar-refractivity contribution in [1.82, 2.24) is 0 Å². The summed E-state index contributed by atoms with van der Waals surface area (Å²) in [5, 5.41) is 3.08. The van der Waals surface area contributed by atoms with Crippen LogP contribution >= 0.6 is 22.6 Å². The van der Waals surface area contributed by atoms with E-state index in [1.54, 1.807) is 0 Å². The Bertz CT molecular complexity index is 500. The molecule has 1 N–H and O–H groups in total. The normalized spacial score (nSPS) is 28.6. The van der Waals surface area contributed by atoms with Gasteiger partial charge in [0.2, 0.25) is 5.91 Å². The second-order valence-electron chi connectivity index (χ2n) is 6.15. The minimum Gasteiger partial charge on any atom is -0.326 e. The van der Waals surface area contributed by atoms with Crippen LogP contribution in [-0.2, 0) is 4.79 Å². The minimum absolute atomic E-state index is 0.196. The van der Waals surface area contributed by atoms with Gasteiger partial charge in [-0.3, -0.25) is 4.79 Å². The molecule has 0 heterocycles. The Hall–Kier alpha value is -0.580. The second kappa shape index (κ2) is 5.43. The first-order valence-corrected chi connectivity index (χ1v) is 8.25. The molecule has 102 valence electrons. The number of benzene rings is 1. The summed E-state index contributed by atoms with van der Waals surface area (Å²) in [5.41, 5.74) is 2.11. The molecular formula is C16H20INO. The van der Waals surface area contributed by atoms with Crippen LogP contribution in [0.2, 0.25) is 0 Å². The Balaban J connectivity index is 1.59. The molecule has 0 spiro atoms. The Morgan fingerprint density at radius 3 is 2.84 bits per heavy atom. The van der Waals surface area contributed by atoms with Crippen LogP contribution in [0.1, 0.15) is 37.7 Å². The fraction of sp³-hybridized carbons (Fsp3) is 0.562.